The van der Waals surface area contributed by atoms with E-state index in [9.17, 15) is 14.4 Å². The molecule has 0 aromatic rings. The SMILES string of the molecule is NC(=O)C1CCN1C(=O)C(N)CC(=O)O. The number of carbonyl (C=O) groups excluding carboxylic acids is 2. The van der Waals surface area contributed by atoms with E-state index in [4.69, 9.17) is 16.6 Å². The minimum atomic E-state index is -1.15. The molecule has 84 valence electrons. The summed E-state index contributed by atoms with van der Waals surface area (Å²) in [5.41, 5.74) is 10.4. The van der Waals surface area contributed by atoms with E-state index in [-0.39, 0.29) is 0 Å². The summed E-state index contributed by atoms with van der Waals surface area (Å²) in [7, 11) is 0. The first-order chi connectivity index (χ1) is 6.93. The number of amides is 2. The summed E-state index contributed by atoms with van der Waals surface area (Å²) >= 11 is 0. The molecule has 1 saturated heterocycles. The van der Waals surface area contributed by atoms with E-state index < -0.39 is 36.3 Å². The van der Waals surface area contributed by atoms with Crippen molar-refractivity contribution in [3.63, 3.8) is 0 Å². The Morgan fingerprint density at radius 1 is 1.47 bits per heavy atom. The van der Waals surface area contributed by atoms with E-state index in [1.807, 2.05) is 0 Å². The lowest BCUT2D eigenvalue weighted by atomic mass is 10.0. The maximum atomic E-state index is 11.5. The monoisotopic (exact) mass is 215 g/mol. The van der Waals surface area contributed by atoms with Crippen molar-refractivity contribution in [1.82, 2.24) is 4.90 Å². The molecule has 15 heavy (non-hydrogen) atoms. The molecule has 1 aliphatic heterocycles. The molecule has 0 spiro atoms. The van der Waals surface area contributed by atoms with Crippen molar-refractivity contribution in [2.45, 2.75) is 24.9 Å². The number of hydrogen-bond acceptors (Lipinski definition) is 4. The van der Waals surface area contributed by atoms with Gasteiger partial charge in [0.25, 0.3) is 0 Å². The molecule has 7 heteroatoms. The molecule has 0 bridgehead atoms. The van der Waals surface area contributed by atoms with Gasteiger partial charge in [-0.25, -0.2) is 0 Å². The molecule has 0 saturated carbocycles. The Labute approximate surface area is 86.0 Å². The minimum absolute atomic E-state index is 0.403. The third-order valence-electron chi connectivity index (χ3n) is 2.34. The molecule has 0 aromatic carbocycles. The van der Waals surface area contributed by atoms with Crippen molar-refractivity contribution in [3.8, 4) is 0 Å². The molecule has 0 aliphatic carbocycles. The fourth-order valence-corrected chi connectivity index (χ4v) is 1.44. The molecular formula is C8H13N3O4. The Balaban J connectivity index is 2.53. The zero-order valence-electron chi connectivity index (χ0n) is 8.05. The zero-order valence-corrected chi connectivity index (χ0v) is 8.05. The molecule has 1 heterocycles. The van der Waals surface area contributed by atoms with Crippen molar-refractivity contribution in [2.24, 2.45) is 11.5 Å². The predicted octanol–water partition coefficient (Wildman–Crippen LogP) is -2.13. The Hall–Kier alpha value is -1.63. The average molecular weight is 215 g/mol. The molecule has 2 amide bonds. The first-order valence-corrected chi connectivity index (χ1v) is 4.50. The van der Waals surface area contributed by atoms with Gasteiger partial charge in [-0.15, -0.1) is 0 Å². The van der Waals surface area contributed by atoms with E-state index in [0.29, 0.717) is 13.0 Å². The van der Waals surface area contributed by atoms with Gasteiger partial charge >= 0.3 is 5.97 Å². The highest BCUT2D eigenvalue weighted by Crippen LogP contribution is 2.18. The molecular weight excluding hydrogens is 202 g/mol. The van der Waals surface area contributed by atoms with Crippen LogP contribution in [0.3, 0.4) is 0 Å². The van der Waals surface area contributed by atoms with E-state index in [0.717, 1.165) is 0 Å². The van der Waals surface area contributed by atoms with Crippen molar-refractivity contribution in [1.29, 1.82) is 0 Å². The normalized spacial score (nSPS) is 21.7. The smallest absolute Gasteiger partial charge is 0.305 e. The first-order valence-electron chi connectivity index (χ1n) is 4.50. The van der Waals surface area contributed by atoms with Crippen LogP contribution in [0.2, 0.25) is 0 Å². The topological polar surface area (TPSA) is 127 Å². The lowest BCUT2D eigenvalue weighted by Crippen LogP contribution is -2.61. The van der Waals surface area contributed by atoms with E-state index in [2.05, 4.69) is 0 Å². The lowest BCUT2D eigenvalue weighted by Gasteiger charge is -2.39. The van der Waals surface area contributed by atoms with Crippen LogP contribution in [-0.2, 0) is 14.4 Å². The summed E-state index contributed by atoms with van der Waals surface area (Å²) < 4.78 is 0. The van der Waals surface area contributed by atoms with Crippen LogP contribution in [0.5, 0.6) is 0 Å². The maximum Gasteiger partial charge on any atom is 0.305 e. The Bertz CT molecular complexity index is 304. The van der Waals surface area contributed by atoms with Gasteiger partial charge in [0.05, 0.1) is 12.5 Å². The van der Waals surface area contributed by atoms with Gasteiger partial charge in [-0.1, -0.05) is 0 Å². The number of nitrogens with two attached hydrogens (primary N) is 2. The number of primary amides is 1. The van der Waals surface area contributed by atoms with Crippen LogP contribution in [-0.4, -0.2) is 46.4 Å². The predicted molar refractivity (Wildman–Crippen MR) is 49.5 cm³/mol. The van der Waals surface area contributed by atoms with Gasteiger partial charge in [-0.3, -0.25) is 14.4 Å². The lowest BCUT2D eigenvalue weighted by molar-refractivity contribution is -0.149. The van der Waals surface area contributed by atoms with E-state index in [1.54, 1.807) is 0 Å². The van der Waals surface area contributed by atoms with Crippen molar-refractivity contribution >= 4 is 17.8 Å². The molecule has 0 aromatic heterocycles. The van der Waals surface area contributed by atoms with Gasteiger partial charge in [0, 0.05) is 6.54 Å². The van der Waals surface area contributed by atoms with Crippen LogP contribution in [0.15, 0.2) is 0 Å². The Morgan fingerprint density at radius 2 is 2.07 bits per heavy atom. The second kappa shape index (κ2) is 4.26. The zero-order chi connectivity index (χ0) is 11.6. The third kappa shape index (κ3) is 2.44. The fourth-order valence-electron chi connectivity index (χ4n) is 1.44. The Morgan fingerprint density at radius 3 is 2.40 bits per heavy atom. The van der Waals surface area contributed by atoms with E-state index >= 15 is 0 Å². The first kappa shape index (κ1) is 11.4. The second-order valence-corrected chi connectivity index (χ2v) is 3.44. The van der Waals surface area contributed by atoms with Crippen LogP contribution in [0.25, 0.3) is 0 Å². The number of likely N-dealkylation sites (tertiary alicyclic amines) is 1. The van der Waals surface area contributed by atoms with Crippen LogP contribution < -0.4 is 11.5 Å². The second-order valence-electron chi connectivity index (χ2n) is 3.44. The van der Waals surface area contributed by atoms with Crippen LogP contribution >= 0.6 is 0 Å². The van der Waals surface area contributed by atoms with Gasteiger partial charge < -0.3 is 21.5 Å². The van der Waals surface area contributed by atoms with Crippen molar-refractivity contribution in [3.05, 3.63) is 0 Å². The number of carbonyl (C=O) groups is 3. The number of aliphatic carboxylic acids is 1. The van der Waals surface area contributed by atoms with Gasteiger partial charge in [-0.2, -0.15) is 0 Å². The standard InChI is InChI=1S/C8H13N3O4/c9-4(3-6(12)13)8(15)11-2-1-5(11)7(10)14/h4-5H,1-3,9H2,(H2,10,14)(H,12,13). The van der Waals surface area contributed by atoms with Gasteiger partial charge in [0.2, 0.25) is 11.8 Å². The largest absolute Gasteiger partial charge is 0.481 e. The van der Waals surface area contributed by atoms with Gasteiger partial charge in [0.1, 0.15) is 6.04 Å². The summed E-state index contributed by atoms with van der Waals surface area (Å²) in [4.78, 5) is 33.9. The summed E-state index contributed by atoms with van der Waals surface area (Å²) in [6, 6.07) is -1.73. The van der Waals surface area contributed by atoms with Gasteiger partial charge in [-0.05, 0) is 6.42 Å². The third-order valence-corrected chi connectivity index (χ3v) is 2.34. The highest BCUT2D eigenvalue weighted by atomic mass is 16.4. The summed E-state index contributed by atoms with van der Waals surface area (Å²) in [6.07, 6.45) is 0.0711. The molecule has 1 rings (SSSR count). The summed E-state index contributed by atoms with van der Waals surface area (Å²) in [5, 5.41) is 8.44. The number of rotatable bonds is 4. The number of nitrogens with zero attached hydrogens (tertiary/aromatic N) is 1. The molecule has 2 unspecified atom stereocenters. The highest BCUT2D eigenvalue weighted by Gasteiger charge is 2.38. The summed E-state index contributed by atoms with van der Waals surface area (Å²) in [5.74, 6) is -2.27. The molecule has 2 atom stereocenters. The molecule has 5 N–H and O–H groups in total. The quantitative estimate of drug-likeness (QED) is 0.494. The highest BCUT2D eigenvalue weighted by molar-refractivity contribution is 5.92. The summed E-state index contributed by atoms with van der Waals surface area (Å²) in [6.45, 7) is 0.403. The number of carboxylic acids is 1. The maximum absolute atomic E-state index is 11.5. The molecule has 7 nitrogen and oxygen atoms in total. The van der Waals surface area contributed by atoms with Gasteiger partial charge in [0.15, 0.2) is 0 Å². The van der Waals surface area contributed by atoms with Crippen LogP contribution in [0.1, 0.15) is 12.8 Å². The number of carboxylic acid groups (broad SMARTS) is 1. The fraction of sp³-hybridized carbons (Fsp3) is 0.625. The average Bonchev–Trinajstić information content (AvgIpc) is 1.99. The van der Waals surface area contributed by atoms with Crippen molar-refractivity contribution < 1.29 is 19.5 Å². The van der Waals surface area contributed by atoms with Crippen LogP contribution in [0, 0.1) is 0 Å². The van der Waals surface area contributed by atoms with Crippen LogP contribution in [0.4, 0.5) is 0 Å². The van der Waals surface area contributed by atoms with E-state index in [1.165, 1.54) is 4.90 Å². The molecule has 0 radical (unpaired) electrons. The van der Waals surface area contributed by atoms with Crippen molar-refractivity contribution in [2.75, 3.05) is 6.54 Å². The minimum Gasteiger partial charge on any atom is -0.481 e. The molecule has 1 aliphatic rings. The molecule has 1 fully saturated rings. The number of hydrogen-bond donors (Lipinski definition) is 3. The Kier molecular flexibility index (Phi) is 3.25.